The summed E-state index contributed by atoms with van der Waals surface area (Å²) in [5, 5.41) is 5.35. The van der Waals surface area contributed by atoms with Crippen molar-refractivity contribution in [3.8, 4) is 5.75 Å². The van der Waals surface area contributed by atoms with Gasteiger partial charge >= 0.3 is 0 Å². The molecule has 1 atom stereocenters. The van der Waals surface area contributed by atoms with Crippen LogP contribution in [0.4, 0.5) is 11.4 Å². The Morgan fingerprint density at radius 2 is 1.64 bits per heavy atom. The van der Waals surface area contributed by atoms with Crippen molar-refractivity contribution >= 4 is 35.0 Å². The average Bonchev–Trinajstić information content (AvgIpc) is 2.93. The molecule has 0 aliphatic carbocycles. The number of hydrogen-bond donors (Lipinski definition) is 2. The number of ether oxygens (including phenoxy) is 1. The Balaban J connectivity index is 1.58. The van der Waals surface area contributed by atoms with Crippen LogP contribution in [-0.2, 0) is 9.59 Å². The average molecular weight is 379 g/mol. The third-order valence-electron chi connectivity index (χ3n) is 4.82. The Hall–Kier alpha value is -3.68. The van der Waals surface area contributed by atoms with Gasteiger partial charge < -0.3 is 10.1 Å². The van der Waals surface area contributed by atoms with E-state index in [4.69, 9.17) is 4.74 Å². The number of nitrogens with zero attached hydrogens (tertiary/aromatic N) is 1. The van der Waals surface area contributed by atoms with E-state index >= 15 is 0 Å². The van der Waals surface area contributed by atoms with Gasteiger partial charge in [-0.2, -0.15) is 0 Å². The molecule has 0 bridgehead atoms. The fourth-order valence-corrected chi connectivity index (χ4v) is 3.39. The lowest BCUT2D eigenvalue weighted by molar-refractivity contribution is -0.136. The van der Waals surface area contributed by atoms with E-state index in [-0.39, 0.29) is 24.0 Å². The first-order valence-electron chi connectivity index (χ1n) is 8.74. The number of carbonyl (C=O) groups is 4. The molecule has 0 aromatic heterocycles. The summed E-state index contributed by atoms with van der Waals surface area (Å²) in [6, 6.07) is 11.1. The molecule has 2 N–H and O–H groups in total. The van der Waals surface area contributed by atoms with Crippen LogP contribution in [0.2, 0.25) is 0 Å². The number of anilines is 2. The number of methoxy groups -OCH3 is 1. The Morgan fingerprint density at radius 1 is 0.964 bits per heavy atom. The van der Waals surface area contributed by atoms with Gasteiger partial charge in [0.05, 0.1) is 18.2 Å². The zero-order chi connectivity index (χ0) is 19.8. The van der Waals surface area contributed by atoms with Crippen LogP contribution in [0.15, 0.2) is 42.5 Å². The number of carbonyl (C=O) groups excluding carboxylic acids is 4. The molecule has 0 saturated carbocycles. The van der Waals surface area contributed by atoms with Gasteiger partial charge in [0.25, 0.3) is 11.8 Å². The topological polar surface area (TPSA) is 105 Å². The van der Waals surface area contributed by atoms with Crippen LogP contribution in [0.5, 0.6) is 5.75 Å². The van der Waals surface area contributed by atoms with Crippen molar-refractivity contribution < 1.29 is 23.9 Å². The largest absolute Gasteiger partial charge is 0.497 e. The maximum Gasteiger partial charge on any atom is 0.262 e. The van der Waals surface area contributed by atoms with Crippen molar-refractivity contribution in [3.63, 3.8) is 0 Å². The Morgan fingerprint density at radius 3 is 2.32 bits per heavy atom. The number of hydrogen-bond acceptors (Lipinski definition) is 6. The van der Waals surface area contributed by atoms with Gasteiger partial charge in [-0.05, 0) is 48.9 Å². The minimum absolute atomic E-state index is 0.0914. The van der Waals surface area contributed by atoms with Gasteiger partial charge in [-0.3, -0.25) is 29.4 Å². The van der Waals surface area contributed by atoms with Gasteiger partial charge in [0, 0.05) is 17.8 Å². The van der Waals surface area contributed by atoms with E-state index in [2.05, 4.69) is 10.6 Å². The molecule has 1 fully saturated rings. The van der Waals surface area contributed by atoms with E-state index in [1.54, 1.807) is 37.4 Å². The second-order valence-electron chi connectivity index (χ2n) is 6.56. The number of benzene rings is 2. The number of piperidine rings is 1. The molecule has 28 heavy (non-hydrogen) atoms. The molecule has 4 amide bonds. The molecular weight excluding hydrogens is 362 g/mol. The summed E-state index contributed by atoms with van der Waals surface area (Å²) in [4.78, 5) is 49.9. The van der Waals surface area contributed by atoms with Crippen LogP contribution in [0.1, 0.15) is 33.6 Å². The Bertz CT molecular complexity index is 999. The monoisotopic (exact) mass is 379 g/mol. The van der Waals surface area contributed by atoms with Crippen LogP contribution in [0.3, 0.4) is 0 Å². The van der Waals surface area contributed by atoms with E-state index in [0.29, 0.717) is 5.69 Å². The lowest BCUT2D eigenvalue weighted by atomic mass is 10.0. The molecule has 0 spiro atoms. The normalized spacial score (nSPS) is 18.8. The first-order chi connectivity index (χ1) is 13.5. The highest BCUT2D eigenvalue weighted by Gasteiger charge is 2.44. The summed E-state index contributed by atoms with van der Waals surface area (Å²) >= 11 is 0. The van der Waals surface area contributed by atoms with Gasteiger partial charge in [-0.15, -0.1) is 0 Å². The zero-order valence-electron chi connectivity index (χ0n) is 15.0. The van der Waals surface area contributed by atoms with Crippen molar-refractivity contribution in [1.29, 1.82) is 0 Å². The fraction of sp³-hybridized carbons (Fsp3) is 0.200. The highest BCUT2D eigenvalue weighted by Crippen LogP contribution is 2.30. The van der Waals surface area contributed by atoms with Gasteiger partial charge in [0.2, 0.25) is 11.8 Å². The number of imide groups is 2. The van der Waals surface area contributed by atoms with E-state index in [0.717, 1.165) is 16.3 Å². The summed E-state index contributed by atoms with van der Waals surface area (Å²) < 4.78 is 5.12. The Kier molecular flexibility index (Phi) is 4.31. The minimum Gasteiger partial charge on any atom is -0.497 e. The van der Waals surface area contributed by atoms with E-state index in [1.807, 2.05) is 12.1 Å². The molecule has 2 heterocycles. The van der Waals surface area contributed by atoms with E-state index in [1.165, 1.54) is 0 Å². The lowest BCUT2D eigenvalue weighted by Crippen LogP contribution is -2.54. The molecule has 2 aromatic carbocycles. The van der Waals surface area contributed by atoms with Crippen LogP contribution in [0, 0.1) is 0 Å². The minimum atomic E-state index is -0.969. The quantitative estimate of drug-likeness (QED) is 0.786. The predicted octanol–water partition coefficient (Wildman–Crippen LogP) is 1.84. The van der Waals surface area contributed by atoms with Crippen molar-refractivity contribution in [1.82, 2.24) is 10.2 Å². The number of nitrogens with one attached hydrogen (secondary N) is 2. The van der Waals surface area contributed by atoms with Crippen LogP contribution in [-0.4, -0.2) is 41.7 Å². The third kappa shape index (κ3) is 2.98. The summed E-state index contributed by atoms with van der Waals surface area (Å²) in [6.07, 6.45) is 0.223. The van der Waals surface area contributed by atoms with Crippen molar-refractivity contribution in [3.05, 3.63) is 53.6 Å². The lowest BCUT2D eigenvalue weighted by Gasteiger charge is -2.27. The summed E-state index contributed by atoms with van der Waals surface area (Å²) in [5.74, 6) is -1.36. The first kappa shape index (κ1) is 17.7. The SMILES string of the molecule is COc1ccc(Nc2ccc3c(c2)C(=O)N(C2CCC(=O)NC2=O)C3=O)cc1. The molecule has 8 nitrogen and oxygen atoms in total. The molecule has 142 valence electrons. The fourth-order valence-electron chi connectivity index (χ4n) is 3.39. The van der Waals surface area contributed by atoms with Crippen LogP contribution in [0.25, 0.3) is 0 Å². The second-order valence-corrected chi connectivity index (χ2v) is 6.56. The molecule has 1 saturated heterocycles. The first-order valence-corrected chi connectivity index (χ1v) is 8.74. The van der Waals surface area contributed by atoms with Gasteiger partial charge in [0.1, 0.15) is 11.8 Å². The number of amides is 4. The third-order valence-corrected chi connectivity index (χ3v) is 4.82. The second kappa shape index (κ2) is 6.80. The molecule has 2 aliphatic heterocycles. The maximum absolute atomic E-state index is 12.8. The van der Waals surface area contributed by atoms with E-state index in [9.17, 15) is 19.2 Å². The zero-order valence-corrected chi connectivity index (χ0v) is 15.0. The van der Waals surface area contributed by atoms with Gasteiger partial charge in [-0.25, -0.2) is 0 Å². The highest BCUT2D eigenvalue weighted by atomic mass is 16.5. The molecule has 2 aliphatic rings. The maximum atomic E-state index is 12.8. The molecule has 8 heteroatoms. The van der Waals surface area contributed by atoms with Gasteiger partial charge in [0.15, 0.2) is 0 Å². The van der Waals surface area contributed by atoms with Crippen molar-refractivity contribution in [2.45, 2.75) is 18.9 Å². The molecular formula is C20H17N3O5. The van der Waals surface area contributed by atoms with E-state index < -0.39 is 29.7 Å². The van der Waals surface area contributed by atoms with Gasteiger partial charge in [-0.1, -0.05) is 0 Å². The van der Waals surface area contributed by atoms with Crippen molar-refractivity contribution in [2.75, 3.05) is 12.4 Å². The molecule has 0 radical (unpaired) electrons. The van der Waals surface area contributed by atoms with Crippen LogP contribution >= 0.6 is 0 Å². The molecule has 2 aromatic rings. The highest BCUT2D eigenvalue weighted by molar-refractivity contribution is 6.23. The van der Waals surface area contributed by atoms with Crippen molar-refractivity contribution in [2.24, 2.45) is 0 Å². The summed E-state index contributed by atoms with van der Waals surface area (Å²) in [5.41, 5.74) is 1.90. The standard InChI is InChI=1S/C20H17N3O5/c1-28-13-5-2-11(3-6-13)21-12-4-7-14-15(10-12)20(27)23(19(14)26)16-8-9-17(24)22-18(16)25/h2-7,10,16,21H,8-9H2,1H3,(H,22,24,25). The molecule has 1 unspecified atom stereocenters. The number of rotatable bonds is 4. The summed E-state index contributed by atoms with van der Waals surface area (Å²) in [7, 11) is 1.58. The predicted molar refractivity (Wildman–Crippen MR) is 99.4 cm³/mol. The smallest absolute Gasteiger partial charge is 0.262 e. The summed E-state index contributed by atoms with van der Waals surface area (Å²) in [6.45, 7) is 0. The van der Waals surface area contributed by atoms with Crippen LogP contribution < -0.4 is 15.4 Å². The number of fused-ring (bicyclic) bond motifs is 1. The Labute approximate surface area is 160 Å². The molecule has 4 rings (SSSR count).